The second-order valence-electron chi connectivity index (χ2n) is 3.85. The van der Waals surface area contributed by atoms with Crippen LogP contribution >= 0.6 is 0 Å². The van der Waals surface area contributed by atoms with Crippen molar-refractivity contribution in [2.24, 2.45) is 0 Å². The number of nitrogens with zero attached hydrogens (tertiary/aromatic N) is 4. The van der Waals surface area contributed by atoms with Crippen molar-refractivity contribution in [1.29, 1.82) is 10.5 Å². The highest BCUT2D eigenvalue weighted by Gasteiger charge is 2.13. The van der Waals surface area contributed by atoms with Crippen LogP contribution in [0.25, 0.3) is 0 Å². The fraction of sp³-hybridized carbons (Fsp3) is 0.545. The van der Waals surface area contributed by atoms with Crippen LogP contribution in [0.2, 0.25) is 0 Å². The third-order valence-corrected chi connectivity index (χ3v) is 2.08. The van der Waals surface area contributed by atoms with Crippen LogP contribution < -0.4 is 0 Å². The summed E-state index contributed by atoms with van der Waals surface area (Å²) in [7, 11) is 0. The van der Waals surface area contributed by atoms with Gasteiger partial charge >= 0.3 is 0 Å². The average molecular weight is 234 g/mol. The van der Waals surface area contributed by atoms with Crippen molar-refractivity contribution >= 4 is 0 Å². The van der Waals surface area contributed by atoms with E-state index in [2.05, 4.69) is 4.98 Å². The van der Waals surface area contributed by atoms with Crippen molar-refractivity contribution in [2.45, 2.75) is 32.6 Å². The molecule has 0 aliphatic heterocycles. The first-order valence-corrected chi connectivity index (χ1v) is 5.23. The van der Waals surface area contributed by atoms with Gasteiger partial charge in [-0.25, -0.2) is 4.98 Å². The van der Waals surface area contributed by atoms with E-state index < -0.39 is 6.10 Å². The molecule has 1 heterocycles. The van der Waals surface area contributed by atoms with Crippen molar-refractivity contribution in [1.82, 2.24) is 9.55 Å². The minimum atomic E-state index is -0.731. The summed E-state index contributed by atoms with van der Waals surface area (Å²) >= 11 is 0. The summed E-state index contributed by atoms with van der Waals surface area (Å²) < 4.78 is 6.70. The zero-order valence-electron chi connectivity index (χ0n) is 9.79. The van der Waals surface area contributed by atoms with Crippen LogP contribution in [0, 0.1) is 22.7 Å². The smallest absolute Gasteiger partial charge is 0.176 e. The number of ether oxygens (including phenoxy) is 1. The molecular weight excluding hydrogens is 220 g/mol. The maximum atomic E-state index is 9.69. The molecular formula is C11H14N4O2. The summed E-state index contributed by atoms with van der Waals surface area (Å²) in [6.45, 7) is 4.11. The quantitative estimate of drug-likeness (QED) is 0.796. The molecule has 6 nitrogen and oxygen atoms in total. The van der Waals surface area contributed by atoms with Crippen LogP contribution in [0.4, 0.5) is 0 Å². The van der Waals surface area contributed by atoms with Crippen molar-refractivity contribution < 1.29 is 9.84 Å². The number of aliphatic hydroxyl groups excluding tert-OH is 1. The van der Waals surface area contributed by atoms with Gasteiger partial charge in [-0.15, -0.1) is 0 Å². The molecule has 90 valence electrons. The van der Waals surface area contributed by atoms with Crippen LogP contribution in [-0.4, -0.2) is 33.5 Å². The first kappa shape index (κ1) is 13.2. The highest BCUT2D eigenvalue weighted by Crippen LogP contribution is 2.06. The molecule has 0 aliphatic carbocycles. The number of hydrogen-bond donors (Lipinski definition) is 1. The Morgan fingerprint density at radius 1 is 1.47 bits per heavy atom. The third-order valence-electron chi connectivity index (χ3n) is 2.08. The topological polar surface area (TPSA) is 94.9 Å². The zero-order valence-corrected chi connectivity index (χ0v) is 9.79. The summed E-state index contributed by atoms with van der Waals surface area (Å²) in [6.07, 6.45) is 0.679. The number of aromatic nitrogens is 2. The Morgan fingerprint density at radius 2 is 2.18 bits per heavy atom. The number of imidazole rings is 1. The van der Waals surface area contributed by atoms with E-state index in [4.69, 9.17) is 15.3 Å². The SMILES string of the molecule is CC(C)OCC(O)Cn1cnc(C#N)c1C#N. The summed E-state index contributed by atoms with van der Waals surface area (Å²) in [6, 6.07) is 3.71. The largest absolute Gasteiger partial charge is 0.389 e. The molecule has 0 bridgehead atoms. The van der Waals surface area contributed by atoms with Gasteiger partial charge in [0.1, 0.15) is 12.1 Å². The number of hydrogen-bond acceptors (Lipinski definition) is 5. The fourth-order valence-electron chi connectivity index (χ4n) is 1.30. The maximum absolute atomic E-state index is 9.69. The molecule has 0 fully saturated rings. The van der Waals surface area contributed by atoms with Gasteiger partial charge < -0.3 is 14.4 Å². The van der Waals surface area contributed by atoms with Crippen molar-refractivity contribution in [2.75, 3.05) is 6.61 Å². The average Bonchev–Trinajstić information content (AvgIpc) is 2.68. The van der Waals surface area contributed by atoms with E-state index in [0.717, 1.165) is 0 Å². The molecule has 0 saturated heterocycles. The molecule has 0 spiro atoms. The monoisotopic (exact) mass is 234 g/mol. The number of aliphatic hydroxyl groups is 1. The van der Waals surface area contributed by atoms with Crippen molar-refractivity contribution in [3.63, 3.8) is 0 Å². The Morgan fingerprint density at radius 3 is 2.71 bits per heavy atom. The third kappa shape index (κ3) is 3.56. The van der Waals surface area contributed by atoms with Gasteiger partial charge in [-0.05, 0) is 13.8 Å². The van der Waals surface area contributed by atoms with E-state index >= 15 is 0 Å². The van der Waals surface area contributed by atoms with Gasteiger partial charge in [0.25, 0.3) is 0 Å². The minimum absolute atomic E-state index is 0.0394. The van der Waals surface area contributed by atoms with E-state index in [-0.39, 0.29) is 30.6 Å². The molecule has 0 aliphatic rings. The van der Waals surface area contributed by atoms with E-state index in [9.17, 15) is 5.11 Å². The van der Waals surface area contributed by atoms with E-state index in [1.807, 2.05) is 26.0 Å². The molecule has 1 atom stereocenters. The van der Waals surface area contributed by atoms with Gasteiger partial charge in [0.05, 0.1) is 31.7 Å². The first-order chi connectivity index (χ1) is 8.08. The second-order valence-corrected chi connectivity index (χ2v) is 3.85. The summed E-state index contributed by atoms with van der Waals surface area (Å²) in [5, 5.41) is 27.3. The lowest BCUT2D eigenvalue weighted by atomic mass is 10.3. The van der Waals surface area contributed by atoms with Crippen LogP contribution in [0.15, 0.2) is 6.33 Å². The zero-order chi connectivity index (χ0) is 12.8. The van der Waals surface area contributed by atoms with E-state index in [1.54, 1.807) is 0 Å². The molecule has 1 aromatic heterocycles. The lowest BCUT2D eigenvalue weighted by molar-refractivity contribution is -0.000789. The van der Waals surface area contributed by atoms with Gasteiger partial charge in [0.2, 0.25) is 0 Å². The normalized spacial score (nSPS) is 12.1. The van der Waals surface area contributed by atoms with Crippen LogP contribution in [0.3, 0.4) is 0 Å². The Labute approximate surface area is 99.7 Å². The highest BCUT2D eigenvalue weighted by molar-refractivity contribution is 5.36. The Hall–Kier alpha value is -1.89. The molecule has 1 N–H and O–H groups in total. The molecule has 1 unspecified atom stereocenters. The van der Waals surface area contributed by atoms with E-state index in [1.165, 1.54) is 10.9 Å². The van der Waals surface area contributed by atoms with Crippen LogP contribution in [0.5, 0.6) is 0 Å². The van der Waals surface area contributed by atoms with Gasteiger partial charge in [-0.1, -0.05) is 0 Å². The van der Waals surface area contributed by atoms with E-state index in [0.29, 0.717) is 0 Å². The fourth-order valence-corrected chi connectivity index (χ4v) is 1.30. The van der Waals surface area contributed by atoms with Gasteiger partial charge in [-0.3, -0.25) is 0 Å². The Bertz CT molecular complexity index is 453. The molecule has 0 saturated carbocycles. The number of rotatable bonds is 5. The Kier molecular flexibility index (Phi) is 4.65. The summed E-state index contributed by atoms with van der Waals surface area (Å²) in [5.74, 6) is 0. The molecule has 0 amide bonds. The van der Waals surface area contributed by atoms with Gasteiger partial charge in [0, 0.05) is 0 Å². The minimum Gasteiger partial charge on any atom is -0.389 e. The Balaban J connectivity index is 2.66. The highest BCUT2D eigenvalue weighted by atomic mass is 16.5. The summed E-state index contributed by atoms with van der Waals surface area (Å²) in [5.41, 5.74) is 0.237. The number of nitriles is 2. The first-order valence-electron chi connectivity index (χ1n) is 5.23. The lowest BCUT2D eigenvalue weighted by Crippen LogP contribution is -2.24. The molecule has 6 heteroatoms. The second kappa shape index (κ2) is 6.00. The molecule has 17 heavy (non-hydrogen) atoms. The molecule has 0 radical (unpaired) electrons. The van der Waals surface area contributed by atoms with Crippen molar-refractivity contribution in [3.8, 4) is 12.1 Å². The molecule has 1 aromatic rings. The van der Waals surface area contributed by atoms with Crippen LogP contribution in [0.1, 0.15) is 25.2 Å². The van der Waals surface area contributed by atoms with Gasteiger partial charge in [0.15, 0.2) is 11.4 Å². The predicted octanol–water partition coefficient (Wildman–Crippen LogP) is 0.412. The van der Waals surface area contributed by atoms with Crippen LogP contribution in [-0.2, 0) is 11.3 Å². The molecule has 0 aromatic carbocycles. The maximum Gasteiger partial charge on any atom is 0.176 e. The molecule has 1 rings (SSSR count). The summed E-state index contributed by atoms with van der Waals surface area (Å²) in [4.78, 5) is 3.78. The predicted molar refractivity (Wildman–Crippen MR) is 58.8 cm³/mol. The van der Waals surface area contributed by atoms with Crippen molar-refractivity contribution in [3.05, 3.63) is 17.7 Å². The lowest BCUT2D eigenvalue weighted by Gasteiger charge is -2.14. The van der Waals surface area contributed by atoms with Gasteiger partial charge in [-0.2, -0.15) is 10.5 Å². The standard InChI is InChI=1S/C11H14N4O2/c1-8(2)17-6-9(16)5-15-7-14-10(3-12)11(15)4-13/h7-9,16H,5-6H2,1-2H3.